The van der Waals surface area contributed by atoms with Gasteiger partial charge in [0.05, 0.1) is 54.1 Å². The summed E-state index contributed by atoms with van der Waals surface area (Å²) in [6.45, 7) is 2.43. The topological polar surface area (TPSA) is 261 Å². The molecule has 0 radical (unpaired) electrons. The van der Waals surface area contributed by atoms with Gasteiger partial charge in [0.1, 0.15) is 20.2 Å². The molecule has 22 nitrogen and oxygen atoms in total. The molecule has 0 fully saturated rings. The fraction of sp³-hybridized carbons (Fsp3) is 0.667. The van der Waals surface area contributed by atoms with Gasteiger partial charge in [-0.25, -0.2) is 29.3 Å². The van der Waals surface area contributed by atoms with Crippen LogP contribution in [0.1, 0.15) is 16.7 Å². The molecule has 0 saturated heterocycles. The molecule has 0 amide bonds. The lowest BCUT2D eigenvalue weighted by atomic mass is 10.1. The molecule has 5 N–H and O–H groups in total. The molecule has 0 aliphatic rings. The van der Waals surface area contributed by atoms with Gasteiger partial charge in [0.15, 0.2) is 0 Å². The molecular formula is C33H56N6O16. The molecular weight excluding hydrogens is 736 g/mol. The maximum atomic E-state index is 11.5. The first-order valence-corrected chi connectivity index (χ1v) is 17.1. The van der Waals surface area contributed by atoms with Gasteiger partial charge < -0.3 is 25.5 Å². The Morgan fingerprint density at radius 2 is 0.709 bits per heavy atom. The largest absolute Gasteiger partial charge is 0.480 e. The van der Waals surface area contributed by atoms with Crippen LogP contribution in [-0.4, -0.2) is 211 Å². The number of rotatable bonds is 35. The third-order valence-electron chi connectivity index (χ3n) is 7.79. The third kappa shape index (κ3) is 25.0. The van der Waals surface area contributed by atoms with E-state index in [1.165, 1.54) is 31.1 Å². The highest BCUT2D eigenvalue weighted by atomic mass is 17.2. The maximum Gasteiger partial charge on any atom is 0.317 e. The van der Waals surface area contributed by atoms with Gasteiger partial charge in [0.25, 0.3) is 0 Å². The van der Waals surface area contributed by atoms with Crippen molar-refractivity contribution in [1.82, 2.24) is 29.4 Å². The number of carboxylic acid groups (broad SMARTS) is 5. The Kier molecular flexibility index (Phi) is 25.4. The summed E-state index contributed by atoms with van der Waals surface area (Å²) in [5.41, 5.74) is 2.65. The van der Waals surface area contributed by atoms with Crippen LogP contribution in [0, 0.1) is 6.92 Å². The van der Waals surface area contributed by atoms with Crippen molar-refractivity contribution in [3.8, 4) is 0 Å². The number of nitrogens with zero attached hydrogens (tertiary/aromatic N) is 6. The fourth-order valence-corrected chi connectivity index (χ4v) is 5.44. The number of aryl methyl sites for hydroxylation is 1. The second-order valence-corrected chi connectivity index (χ2v) is 12.5. The molecule has 314 valence electrons. The normalized spacial score (nSPS) is 11.8. The van der Waals surface area contributed by atoms with E-state index in [0.717, 1.165) is 16.7 Å². The molecule has 55 heavy (non-hydrogen) atoms. The lowest BCUT2D eigenvalue weighted by Gasteiger charge is -2.30. The Morgan fingerprint density at radius 1 is 0.436 bits per heavy atom. The summed E-state index contributed by atoms with van der Waals surface area (Å²) in [5.74, 6) is -5.85. The van der Waals surface area contributed by atoms with Crippen LogP contribution in [0.4, 0.5) is 0 Å². The van der Waals surface area contributed by atoms with Crippen molar-refractivity contribution in [3.63, 3.8) is 0 Å². The minimum absolute atomic E-state index is 0.0542. The molecule has 0 saturated carbocycles. The van der Waals surface area contributed by atoms with Gasteiger partial charge in [0.2, 0.25) is 0 Å². The molecule has 0 heterocycles. The second-order valence-electron chi connectivity index (χ2n) is 12.5. The number of hydrogen-bond acceptors (Lipinski definition) is 17. The third-order valence-corrected chi connectivity index (χ3v) is 7.79. The molecule has 0 aromatic heterocycles. The summed E-state index contributed by atoms with van der Waals surface area (Å²) < 4.78 is 0. The lowest BCUT2D eigenvalue weighted by Crippen LogP contribution is -2.44. The first kappa shape index (κ1) is 49.1. The van der Waals surface area contributed by atoms with Crippen molar-refractivity contribution >= 4 is 29.8 Å². The number of benzene rings is 1. The van der Waals surface area contributed by atoms with Gasteiger partial charge in [-0.2, -0.15) is 0 Å². The van der Waals surface area contributed by atoms with Crippen molar-refractivity contribution in [2.24, 2.45) is 0 Å². The summed E-state index contributed by atoms with van der Waals surface area (Å²) in [5, 5.41) is 46.7. The van der Waals surface area contributed by atoms with E-state index in [4.69, 9.17) is 24.4 Å². The zero-order valence-corrected chi connectivity index (χ0v) is 31.9. The summed E-state index contributed by atoms with van der Waals surface area (Å²) in [4.78, 5) is 96.4. The van der Waals surface area contributed by atoms with E-state index in [1.54, 1.807) is 9.80 Å². The summed E-state index contributed by atoms with van der Waals surface area (Å²) >= 11 is 0. The highest BCUT2D eigenvalue weighted by Gasteiger charge is 2.20. The highest BCUT2D eigenvalue weighted by molar-refractivity contribution is 5.73. The Balaban J connectivity index is 3.38. The summed E-state index contributed by atoms with van der Waals surface area (Å²) in [6, 6.07) is 5.91. The Morgan fingerprint density at radius 3 is 1.04 bits per heavy atom. The van der Waals surface area contributed by atoms with E-state index in [1.807, 2.05) is 30.0 Å². The predicted molar refractivity (Wildman–Crippen MR) is 190 cm³/mol. The minimum Gasteiger partial charge on any atom is -0.480 e. The van der Waals surface area contributed by atoms with Crippen LogP contribution in [0.15, 0.2) is 18.2 Å². The zero-order valence-electron chi connectivity index (χ0n) is 31.9. The molecule has 0 unspecified atom stereocenters. The van der Waals surface area contributed by atoms with Crippen molar-refractivity contribution in [1.29, 1.82) is 0 Å². The fourth-order valence-electron chi connectivity index (χ4n) is 5.44. The quantitative estimate of drug-likeness (QED) is 0.0308. The molecule has 0 aliphatic carbocycles. The van der Waals surface area contributed by atoms with Crippen LogP contribution < -0.4 is 0 Å². The van der Waals surface area contributed by atoms with Crippen molar-refractivity contribution < 1.29 is 78.8 Å². The molecule has 1 rings (SSSR count). The van der Waals surface area contributed by atoms with Crippen molar-refractivity contribution in [3.05, 3.63) is 34.9 Å². The summed E-state index contributed by atoms with van der Waals surface area (Å²) in [7, 11) is 4.08. The molecule has 0 spiro atoms. The molecule has 1 aromatic rings. The lowest BCUT2D eigenvalue weighted by molar-refractivity contribution is -0.334. The predicted octanol–water partition coefficient (Wildman–Crippen LogP) is -1.16. The first-order valence-electron chi connectivity index (χ1n) is 17.1. The van der Waals surface area contributed by atoms with Crippen LogP contribution in [0.25, 0.3) is 0 Å². The van der Waals surface area contributed by atoms with Gasteiger partial charge in [-0.05, 0) is 18.1 Å². The average Bonchev–Trinajstić information content (AvgIpc) is 3.08. The van der Waals surface area contributed by atoms with Crippen LogP contribution in [0.3, 0.4) is 0 Å². The molecule has 0 bridgehead atoms. The number of carbonyl (C=O) groups is 5. The second kappa shape index (κ2) is 28.5. The van der Waals surface area contributed by atoms with E-state index < -0.39 is 56.0 Å². The van der Waals surface area contributed by atoms with E-state index >= 15 is 0 Å². The smallest absolute Gasteiger partial charge is 0.317 e. The van der Waals surface area contributed by atoms with Crippen LogP contribution >= 0.6 is 0 Å². The molecule has 1 aromatic carbocycles. The number of aliphatic carboxylic acids is 5. The maximum absolute atomic E-state index is 11.5. The molecule has 0 atom stereocenters. The van der Waals surface area contributed by atoms with Gasteiger partial charge in [-0.1, -0.05) is 23.8 Å². The Bertz CT molecular complexity index is 1230. The summed E-state index contributed by atoms with van der Waals surface area (Å²) in [6.07, 6.45) is 0. The number of hydrogen-bond donors (Lipinski definition) is 5. The van der Waals surface area contributed by atoms with Crippen molar-refractivity contribution in [2.45, 2.75) is 20.0 Å². The minimum atomic E-state index is -1.20. The van der Waals surface area contributed by atoms with Crippen LogP contribution in [0.2, 0.25) is 0 Å². The number of carboxylic acids is 5. The first-order chi connectivity index (χ1) is 26.1. The van der Waals surface area contributed by atoms with Gasteiger partial charge >= 0.3 is 29.8 Å². The van der Waals surface area contributed by atoms with Gasteiger partial charge in [0, 0.05) is 65.4 Å². The highest BCUT2D eigenvalue weighted by Crippen LogP contribution is 2.15. The van der Waals surface area contributed by atoms with E-state index in [9.17, 15) is 49.5 Å². The van der Waals surface area contributed by atoms with Gasteiger partial charge in [-0.15, -0.1) is 0 Å². The Labute approximate surface area is 319 Å². The van der Waals surface area contributed by atoms with Gasteiger partial charge in [-0.3, -0.25) is 53.4 Å². The van der Waals surface area contributed by atoms with E-state index in [0.29, 0.717) is 32.7 Å². The molecule has 0 aliphatic heterocycles. The van der Waals surface area contributed by atoms with Crippen LogP contribution in [0.5, 0.6) is 0 Å². The Hall–Kier alpha value is -3.91. The zero-order chi connectivity index (χ0) is 41.2. The van der Waals surface area contributed by atoms with Crippen LogP contribution in [-0.2, 0) is 66.4 Å². The van der Waals surface area contributed by atoms with E-state index in [2.05, 4.69) is 9.79 Å². The molecule has 22 heteroatoms. The standard InChI is InChI=1S/C33H56N6O16/c1-26-13-27(16-34(5-9-36(18-29(40)41)19-30(42)43)6-10-37(20-31(44)45)21-32(46)47)15-28(14-26)17-35(7-11-38(22-33(48)49)23-53-50-2)8-12-39(24-54-51-3)25-55-52-4/h13-15H,5-12,16-25H2,1-4H3,(H,40,41)(H,42,43)(H,44,45)(H,46,47)(H,48,49). The van der Waals surface area contributed by atoms with E-state index in [-0.39, 0.29) is 59.5 Å². The van der Waals surface area contributed by atoms with Crippen molar-refractivity contribution in [2.75, 3.05) is 127 Å². The SMILES string of the molecule is COOCN(CCN(CCN(COOC)CC(=O)O)Cc1cc(C)cc(CN(CCN(CC(=O)O)CC(=O)O)CCN(CC(=O)O)CC(=O)O)c1)COOC. The average molecular weight is 793 g/mol. The monoisotopic (exact) mass is 792 g/mol.